The van der Waals surface area contributed by atoms with Crippen molar-refractivity contribution < 1.29 is 9.59 Å². The first-order valence-electron chi connectivity index (χ1n) is 9.14. The lowest BCUT2D eigenvalue weighted by atomic mass is 9.82. The lowest BCUT2D eigenvalue weighted by molar-refractivity contribution is -0.118. The highest BCUT2D eigenvalue weighted by Gasteiger charge is 2.15. The fraction of sp³-hybridized carbons (Fsp3) is 0.619. The van der Waals surface area contributed by atoms with Gasteiger partial charge in [0.25, 0.3) is 0 Å². The van der Waals surface area contributed by atoms with Crippen LogP contribution < -0.4 is 11.1 Å². The van der Waals surface area contributed by atoms with E-state index in [0.29, 0.717) is 0 Å². The number of carbonyl (C=O) groups is 2. The summed E-state index contributed by atoms with van der Waals surface area (Å²) in [5.74, 6) is 0.460. The zero-order valence-corrected chi connectivity index (χ0v) is 17.3. The monoisotopic (exact) mass is 352 g/mol. The molecule has 2 amide bonds. The molecular weight excluding hydrogens is 312 g/mol. The molecule has 0 aromatic carbocycles. The van der Waals surface area contributed by atoms with Crippen LogP contribution in [0.5, 0.6) is 0 Å². The van der Waals surface area contributed by atoms with Crippen molar-refractivity contribution in [1.29, 1.82) is 0 Å². The summed E-state index contributed by atoms with van der Waals surface area (Å²) >= 11 is 0. The molecule has 25 heavy (non-hydrogen) atoms. The van der Waals surface area contributed by atoms with E-state index in [-0.39, 0.29) is 11.8 Å². The number of hydrogen-bond donors (Lipinski definition) is 2. The van der Waals surface area contributed by atoms with Gasteiger partial charge in [0, 0.05) is 20.9 Å². The second kappa shape index (κ2) is 20.2. The van der Waals surface area contributed by atoms with Crippen LogP contribution in [-0.2, 0) is 9.59 Å². The predicted octanol–water partition coefficient (Wildman–Crippen LogP) is 4.92. The topological polar surface area (TPSA) is 72.2 Å². The fourth-order valence-corrected chi connectivity index (χ4v) is 2.27. The average molecular weight is 353 g/mol. The van der Waals surface area contributed by atoms with Gasteiger partial charge in [0.2, 0.25) is 11.8 Å². The standard InChI is InChI=1S/C14H22.C3H7NO.C2H5NO.C2H6/c1-4-8-12(2)11-13(3)14-9-6-5-7-10-14;1-3(5)4-2;1-2(3)4;1-2/h4,8,14H,1,3,5-7,9-11H2,2H3;1-2H3,(H,4,5);1H3,(H2,3,4);1-2H3/b12-8-;;;. The Hall–Kier alpha value is -1.84. The molecule has 1 fully saturated rings. The molecular formula is C21H40N2O2. The Morgan fingerprint density at radius 1 is 1.12 bits per heavy atom. The van der Waals surface area contributed by atoms with Gasteiger partial charge in [0.05, 0.1) is 0 Å². The van der Waals surface area contributed by atoms with Crippen LogP contribution in [0.25, 0.3) is 0 Å². The molecule has 0 saturated heterocycles. The zero-order chi connectivity index (χ0) is 20.3. The van der Waals surface area contributed by atoms with Crippen molar-refractivity contribution >= 4 is 11.8 Å². The summed E-state index contributed by atoms with van der Waals surface area (Å²) in [5, 5.41) is 2.39. The number of amides is 2. The number of allylic oxidation sites excluding steroid dienone is 4. The molecule has 3 N–H and O–H groups in total. The van der Waals surface area contributed by atoms with Crippen LogP contribution in [0.2, 0.25) is 0 Å². The Labute approximate surface area is 155 Å². The number of carbonyl (C=O) groups excluding carboxylic acids is 2. The first kappa shape index (κ1) is 28.0. The molecule has 4 nitrogen and oxygen atoms in total. The third kappa shape index (κ3) is 24.5. The molecule has 0 bridgehead atoms. The van der Waals surface area contributed by atoms with E-state index in [9.17, 15) is 9.59 Å². The molecule has 4 heteroatoms. The van der Waals surface area contributed by atoms with Gasteiger partial charge in [-0.05, 0) is 32.1 Å². The maximum absolute atomic E-state index is 9.70. The van der Waals surface area contributed by atoms with Crippen molar-refractivity contribution in [2.45, 2.75) is 73.1 Å². The van der Waals surface area contributed by atoms with Crippen LogP contribution in [0.1, 0.15) is 73.1 Å². The van der Waals surface area contributed by atoms with Crippen LogP contribution in [0.4, 0.5) is 0 Å². The molecule has 0 spiro atoms. The molecule has 146 valence electrons. The Morgan fingerprint density at radius 2 is 1.52 bits per heavy atom. The molecule has 1 rings (SSSR count). The molecule has 1 aliphatic rings. The van der Waals surface area contributed by atoms with Gasteiger partial charge in [0.1, 0.15) is 0 Å². The van der Waals surface area contributed by atoms with E-state index in [1.54, 1.807) is 7.05 Å². The van der Waals surface area contributed by atoms with Gasteiger partial charge < -0.3 is 11.1 Å². The molecule has 0 unspecified atom stereocenters. The normalized spacial score (nSPS) is 13.4. The molecule has 0 aliphatic heterocycles. The van der Waals surface area contributed by atoms with Crippen LogP contribution in [-0.4, -0.2) is 18.9 Å². The molecule has 0 radical (unpaired) electrons. The highest BCUT2D eigenvalue weighted by atomic mass is 16.1. The Kier molecular flexibility index (Phi) is 22.6. The minimum absolute atomic E-state index is 0.00463. The molecule has 1 aliphatic carbocycles. The number of hydrogen-bond acceptors (Lipinski definition) is 2. The van der Waals surface area contributed by atoms with Gasteiger partial charge in [-0.25, -0.2) is 0 Å². The summed E-state index contributed by atoms with van der Waals surface area (Å²) in [7, 11) is 1.60. The van der Waals surface area contributed by atoms with Crippen molar-refractivity contribution in [3.63, 3.8) is 0 Å². The van der Waals surface area contributed by atoms with Crippen LogP contribution in [0, 0.1) is 5.92 Å². The quantitative estimate of drug-likeness (QED) is 0.557. The summed E-state index contributed by atoms with van der Waals surface area (Å²) < 4.78 is 0. The number of nitrogens with two attached hydrogens (primary N) is 1. The van der Waals surface area contributed by atoms with E-state index >= 15 is 0 Å². The maximum Gasteiger partial charge on any atom is 0.216 e. The predicted molar refractivity (Wildman–Crippen MR) is 110 cm³/mol. The van der Waals surface area contributed by atoms with Gasteiger partial charge in [-0.15, -0.1) is 0 Å². The van der Waals surface area contributed by atoms with E-state index in [0.717, 1.165) is 12.3 Å². The third-order valence-corrected chi connectivity index (χ3v) is 3.44. The minimum Gasteiger partial charge on any atom is -0.370 e. The maximum atomic E-state index is 9.70. The van der Waals surface area contributed by atoms with Gasteiger partial charge in [-0.1, -0.05) is 69.6 Å². The van der Waals surface area contributed by atoms with Crippen molar-refractivity contribution in [1.82, 2.24) is 5.32 Å². The second-order valence-corrected chi connectivity index (χ2v) is 5.84. The van der Waals surface area contributed by atoms with Crippen LogP contribution in [0.3, 0.4) is 0 Å². The van der Waals surface area contributed by atoms with E-state index < -0.39 is 0 Å². The van der Waals surface area contributed by atoms with Crippen molar-refractivity contribution in [3.8, 4) is 0 Å². The summed E-state index contributed by atoms with van der Waals surface area (Å²) in [6.07, 6.45) is 12.0. The number of primary amides is 1. The van der Waals surface area contributed by atoms with Crippen molar-refractivity contribution in [3.05, 3.63) is 36.5 Å². The van der Waals surface area contributed by atoms with Crippen LogP contribution >= 0.6 is 0 Å². The number of nitrogens with one attached hydrogen (secondary N) is 1. The van der Waals surface area contributed by atoms with Gasteiger partial charge in [0.15, 0.2) is 0 Å². The van der Waals surface area contributed by atoms with Gasteiger partial charge in [-0.3, -0.25) is 9.59 Å². The molecule has 0 atom stereocenters. The largest absolute Gasteiger partial charge is 0.370 e. The van der Waals surface area contributed by atoms with Crippen molar-refractivity contribution in [2.75, 3.05) is 7.05 Å². The highest BCUT2D eigenvalue weighted by Crippen LogP contribution is 2.31. The summed E-state index contributed by atoms with van der Waals surface area (Å²) in [6, 6.07) is 0. The second-order valence-electron chi connectivity index (χ2n) is 5.84. The molecule has 0 heterocycles. The fourth-order valence-electron chi connectivity index (χ4n) is 2.27. The van der Waals surface area contributed by atoms with E-state index in [1.165, 1.54) is 57.1 Å². The number of rotatable bonds is 4. The van der Waals surface area contributed by atoms with E-state index in [4.69, 9.17) is 0 Å². The Bertz CT molecular complexity index is 402. The molecule has 0 aromatic rings. The summed E-state index contributed by atoms with van der Waals surface area (Å²) in [5.41, 5.74) is 7.29. The zero-order valence-electron chi connectivity index (χ0n) is 17.3. The molecule has 1 saturated carbocycles. The molecule has 0 aromatic heterocycles. The van der Waals surface area contributed by atoms with E-state index in [2.05, 4.69) is 37.2 Å². The van der Waals surface area contributed by atoms with Crippen LogP contribution in [0.15, 0.2) is 36.5 Å². The lowest BCUT2D eigenvalue weighted by Gasteiger charge is -2.23. The van der Waals surface area contributed by atoms with Gasteiger partial charge >= 0.3 is 0 Å². The first-order chi connectivity index (χ1) is 11.7. The third-order valence-electron chi connectivity index (χ3n) is 3.44. The smallest absolute Gasteiger partial charge is 0.216 e. The highest BCUT2D eigenvalue weighted by molar-refractivity contribution is 5.72. The average Bonchev–Trinajstić information content (AvgIpc) is 2.57. The summed E-state index contributed by atoms with van der Waals surface area (Å²) in [6.45, 7) is 16.9. The van der Waals surface area contributed by atoms with Crippen molar-refractivity contribution in [2.24, 2.45) is 11.7 Å². The summed E-state index contributed by atoms with van der Waals surface area (Å²) in [4.78, 5) is 18.9. The van der Waals surface area contributed by atoms with E-state index in [1.807, 2.05) is 19.9 Å². The Morgan fingerprint density at radius 3 is 1.84 bits per heavy atom. The first-order valence-corrected chi connectivity index (χ1v) is 9.14. The Balaban J connectivity index is -0.000000365. The SMILES string of the molecule is C=C/C=C(/C)CC(=C)C1CCCCC1.CC.CC(N)=O.CNC(C)=O. The minimum atomic E-state index is -0.333. The van der Waals surface area contributed by atoms with Gasteiger partial charge in [-0.2, -0.15) is 0 Å². The lowest BCUT2D eigenvalue weighted by Crippen LogP contribution is -2.11.